The van der Waals surface area contributed by atoms with Gasteiger partial charge in [0.25, 0.3) is 0 Å². The minimum atomic E-state index is -0.240. The van der Waals surface area contributed by atoms with Gasteiger partial charge in [-0.25, -0.2) is 4.39 Å². The summed E-state index contributed by atoms with van der Waals surface area (Å²) in [7, 11) is 0. The first-order valence-corrected chi connectivity index (χ1v) is 9.01. The highest BCUT2D eigenvalue weighted by Gasteiger charge is 2.27. The first kappa shape index (κ1) is 16.9. The molecule has 2 heterocycles. The highest BCUT2D eigenvalue weighted by Crippen LogP contribution is 2.24. The molecular weight excluding hydrogens is 325 g/mol. The number of hydrogen-bond donors (Lipinski definition) is 1. The van der Waals surface area contributed by atoms with E-state index in [1.54, 1.807) is 30.1 Å². The Morgan fingerprint density at radius 2 is 2.17 bits per heavy atom. The number of hydrogen-bond acceptors (Lipinski definition) is 4. The normalized spacial score (nSPS) is 17.7. The second kappa shape index (κ2) is 8.26. The van der Waals surface area contributed by atoms with E-state index in [1.807, 2.05) is 23.2 Å². The summed E-state index contributed by atoms with van der Waals surface area (Å²) >= 11 is 1.58. The van der Waals surface area contributed by atoms with E-state index in [0.29, 0.717) is 18.7 Å². The van der Waals surface area contributed by atoms with E-state index in [1.165, 1.54) is 12.1 Å². The first-order chi connectivity index (χ1) is 11.7. The number of rotatable bonds is 5. The predicted octanol–water partition coefficient (Wildman–Crippen LogP) is 2.88. The summed E-state index contributed by atoms with van der Waals surface area (Å²) in [6.45, 7) is 2.27. The molecule has 1 atom stereocenters. The third kappa shape index (κ3) is 4.33. The van der Waals surface area contributed by atoms with Crippen LogP contribution < -0.4 is 5.32 Å². The maximum absolute atomic E-state index is 12.9. The van der Waals surface area contributed by atoms with E-state index < -0.39 is 0 Å². The van der Waals surface area contributed by atoms with E-state index in [9.17, 15) is 9.18 Å². The van der Waals surface area contributed by atoms with Crippen LogP contribution in [0, 0.1) is 5.82 Å². The van der Waals surface area contributed by atoms with Gasteiger partial charge in [0.1, 0.15) is 5.82 Å². The Morgan fingerprint density at radius 1 is 1.33 bits per heavy atom. The SMILES string of the molecule is O=C(CCSc1ccc(F)cc1)N1CCNCC1c1cccnc1. The number of thioether (sulfide) groups is 1. The minimum absolute atomic E-state index is 0.0378. The van der Waals surface area contributed by atoms with E-state index in [-0.39, 0.29) is 17.8 Å². The van der Waals surface area contributed by atoms with Gasteiger partial charge in [-0.15, -0.1) is 11.8 Å². The van der Waals surface area contributed by atoms with Crippen LogP contribution in [0.1, 0.15) is 18.0 Å². The zero-order valence-electron chi connectivity index (χ0n) is 13.3. The topological polar surface area (TPSA) is 45.2 Å². The fraction of sp³-hybridized carbons (Fsp3) is 0.333. The lowest BCUT2D eigenvalue weighted by Gasteiger charge is -2.36. The standard InChI is InChI=1S/C18H20FN3OS/c19-15-3-5-16(6-4-15)24-11-7-18(23)22-10-9-21-13-17(22)14-2-1-8-20-12-14/h1-6,8,12,17,21H,7,9-11,13H2. The molecule has 126 valence electrons. The molecule has 1 aliphatic rings. The molecule has 1 fully saturated rings. The van der Waals surface area contributed by atoms with Crippen LogP contribution in [-0.4, -0.2) is 41.2 Å². The second-order valence-corrected chi connectivity index (χ2v) is 6.81. The van der Waals surface area contributed by atoms with Crippen LogP contribution in [0.25, 0.3) is 0 Å². The van der Waals surface area contributed by atoms with Gasteiger partial charge in [-0.3, -0.25) is 9.78 Å². The summed E-state index contributed by atoms with van der Waals surface area (Å²) in [4.78, 5) is 19.7. The molecular formula is C18H20FN3OS. The molecule has 24 heavy (non-hydrogen) atoms. The monoisotopic (exact) mass is 345 g/mol. The lowest BCUT2D eigenvalue weighted by atomic mass is 10.1. The summed E-state index contributed by atoms with van der Waals surface area (Å²) in [6.07, 6.45) is 4.04. The number of pyridine rings is 1. The number of piperazine rings is 1. The number of nitrogens with zero attached hydrogens (tertiary/aromatic N) is 2. The number of carbonyl (C=O) groups excluding carboxylic acids is 1. The van der Waals surface area contributed by atoms with E-state index in [0.717, 1.165) is 23.5 Å². The van der Waals surface area contributed by atoms with Gasteiger partial charge in [0.2, 0.25) is 5.91 Å². The molecule has 6 heteroatoms. The number of amides is 1. The molecule has 3 rings (SSSR count). The van der Waals surface area contributed by atoms with Gasteiger partial charge in [0, 0.05) is 49.1 Å². The molecule has 0 spiro atoms. The number of nitrogens with one attached hydrogen (secondary N) is 1. The van der Waals surface area contributed by atoms with Crippen molar-refractivity contribution in [3.05, 3.63) is 60.2 Å². The zero-order valence-corrected chi connectivity index (χ0v) is 14.1. The molecule has 0 radical (unpaired) electrons. The fourth-order valence-electron chi connectivity index (χ4n) is 2.80. The lowest BCUT2D eigenvalue weighted by Crippen LogP contribution is -2.48. The third-order valence-corrected chi connectivity index (χ3v) is 5.04. The van der Waals surface area contributed by atoms with Crippen molar-refractivity contribution in [1.29, 1.82) is 0 Å². The minimum Gasteiger partial charge on any atom is -0.333 e. The molecule has 0 aliphatic carbocycles. The molecule has 1 unspecified atom stereocenters. The maximum atomic E-state index is 12.9. The van der Waals surface area contributed by atoms with Crippen molar-refractivity contribution in [2.24, 2.45) is 0 Å². The molecule has 4 nitrogen and oxygen atoms in total. The largest absolute Gasteiger partial charge is 0.333 e. The lowest BCUT2D eigenvalue weighted by molar-refractivity contribution is -0.134. The Balaban J connectivity index is 1.57. The van der Waals surface area contributed by atoms with Gasteiger partial charge >= 0.3 is 0 Å². The van der Waals surface area contributed by atoms with E-state index >= 15 is 0 Å². The number of benzene rings is 1. The summed E-state index contributed by atoms with van der Waals surface area (Å²) in [5, 5.41) is 3.34. The van der Waals surface area contributed by atoms with Gasteiger partial charge < -0.3 is 10.2 Å². The summed E-state index contributed by atoms with van der Waals surface area (Å²) < 4.78 is 12.9. The number of aromatic nitrogens is 1. The average molecular weight is 345 g/mol. The Morgan fingerprint density at radius 3 is 2.92 bits per heavy atom. The van der Waals surface area contributed by atoms with Crippen LogP contribution in [0.2, 0.25) is 0 Å². The zero-order chi connectivity index (χ0) is 16.8. The van der Waals surface area contributed by atoms with Crippen molar-refractivity contribution in [3.63, 3.8) is 0 Å². The molecule has 1 saturated heterocycles. The number of halogens is 1. The summed E-state index contributed by atoms with van der Waals surface area (Å²) in [6, 6.07) is 10.3. The Hall–Kier alpha value is -1.92. The summed E-state index contributed by atoms with van der Waals surface area (Å²) in [5.41, 5.74) is 1.06. The van der Waals surface area contributed by atoms with Gasteiger partial charge in [0.15, 0.2) is 0 Å². The molecule has 0 saturated carbocycles. The quantitative estimate of drug-likeness (QED) is 0.847. The van der Waals surface area contributed by atoms with Crippen molar-refractivity contribution in [3.8, 4) is 0 Å². The van der Waals surface area contributed by atoms with Crippen LogP contribution in [-0.2, 0) is 4.79 Å². The van der Waals surface area contributed by atoms with Crippen molar-refractivity contribution in [2.75, 3.05) is 25.4 Å². The molecule has 2 aromatic rings. The molecule has 1 amide bonds. The van der Waals surface area contributed by atoms with Gasteiger partial charge in [-0.05, 0) is 35.9 Å². The van der Waals surface area contributed by atoms with E-state index in [2.05, 4.69) is 10.3 Å². The van der Waals surface area contributed by atoms with Crippen molar-refractivity contribution in [1.82, 2.24) is 15.2 Å². The average Bonchev–Trinajstić information content (AvgIpc) is 2.64. The van der Waals surface area contributed by atoms with Crippen LogP contribution >= 0.6 is 11.8 Å². The van der Waals surface area contributed by atoms with Crippen molar-refractivity contribution < 1.29 is 9.18 Å². The smallest absolute Gasteiger partial charge is 0.224 e. The molecule has 1 aromatic heterocycles. The highest BCUT2D eigenvalue weighted by atomic mass is 32.2. The fourth-order valence-corrected chi connectivity index (χ4v) is 3.65. The van der Waals surface area contributed by atoms with Crippen molar-refractivity contribution in [2.45, 2.75) is 17.4 Å². The Bertz CT molecular complexity index is 666. The van der Waals surface area contributed by atoms with Gasteiger partial charge in [-0.2, -0.15) is 0 Å². The summed E-state index contributed by atoms with van der Waals surface area (Å²) in [5.74, 6) is 0.601. The van der Waals surface area contributed by atoms with Gasteiger partial charge in [0.05, 0.1) is 6.04 Å². The van der Waals surface area contributed by atoms with Crippen LogP contribution in [0.5, 0.6) is 0 Å². The molecule has 1 aliphatic heterocycles. The third-order valence-electron chi connectivity index (χ3n) is 4.03. The van der Waals surface area contributed by atoms with Gasteiger partial charge in [-0.1, -0.05) is 6.07 Å². The maximum Gasteiger partial charge on any atom is 0.224 e. The van der Waals surface area contributed by atoms with Crippen molar-refractivity contribution >= 4 is 17.7 Å². The first-order valence-electron chi connectivity index (χ1n) is 8.02. The Kier molecular flexibility index (Phi) is 5.82. The van der Waals surface area contributed by atoms with E-state index in [4.69, 9.17) is 0 Å². The van der Waals surface area contributed by atoms with Crippen LogP contribution in [0.3, 0.4) is 0 Å². The van der Waals surface area contributed by atoms with Crippen LogP contribution in [0.15, 0.2) is 53.7 Å². The molecule has 1 aromatic carbocycles. The Labute approximate surface area is 145 Å². The highest BCUT2D eigenvalue weighted by molar-refractivity contribution is 7.99. The van der Waals surface area contributed by atoms with Crippen LogP contribution in [0.4, 0.5) is 4.39 Å². The molecule has 0 bridgehead atoms. The number of carbonyl (C=O) groups is 1. The predicted molar refractivity (Wildman–Crippen MR) is 93.3 cm³/mol. The molecule has 1 N–H and O–H groups in total. The second-order valence-electron chi connectivity index (χ2n) is 5.65.